The quantitative estimate of drug-likeness (QED) is 0.185. The molecule has 5 atom stereocenters. The standard InChI is InChI=1S/C36H36O4/c1-36-23-22-30-29-17-15-28(39-34(37)20-12-25-8-4-2-5-9-25)24-27(29)14-16-31(30)32(36)18-19-33(36)40-35(38)21-13-26-10-6-3-7-11-26/h2-13,15,17,20-21,24,30-33H,14,16,18-19,22-23H2,1H3/t30-,31-,32+,33+,36+/m1/s1. The molecule has 3 aromatic carbocycles. The molecule has 3 aromatic rings. The number of aryl methyl sites for hydroxylation is 1. The molecule has 0 saturated heterocycles. The van der Waals surface area contributed by atoms with E-state index in [2.05, 4.69) is 19.1 Å². The van der Waals surface area contributed by atoms with Crippen molar-refractivity contribution in [3.8, 4) is 5.75 Å². The molecule has 204 valence electrons. The highest BCUT2D eigenvalue weighted by molar-refractivity contribution is 5.88. The lowest BCUT2D eigenvalue weighted by Crippen LogP contribution is -2.45. The second kappa shape index (κ2) is 11.3. The first-order chi connectivity index (χ1) is 19.5. The second-order valence-corrected chi connectivity index (χ2v) is 11.7. The Kier molecular flexibility index (Phi) is 7.42. The van der Waals surface area contributed by atoms with E-state index in [1.54, 1.807) is 12.2 Å². The fourth-order valence-electron chi connectivity index (χ4n) is 7.55. The van der Waals surface area contributed by atoms with Crippen molar-refractivity contribution in [3.05, 3.63) is 113 Å². The summed E-state index contributed by atoms with van der Waals surface area (Å²) in [5, 5.41) is 0. The Morgan fingerprint density at radius 3 is 2.17 bits per heavy atom. The molecule has 2 fully saturated rings. The monoisotopic (exact) mass is 532 g/mol. The van der Waals surface area contributed by atoms with Gasteiger partial charge in [-0.1, -0.05) is 73.7 Å². The van der Waals surface area contributed by atoms with Gasteiger partial charge in [0, 0.05) is 17.6 Å². The minimum Gasteiger partial charge on any atom is -0.459 e. The fourth-order valence-corrected chi connectivity index (χ4v) is 7.55. The van der Waals surface area contributed by atoms with E-state index >= 15 is 0 Å². The zero-order chi connectivity index (χ0) is 27.5. The SMILES string of the molecule is C[C@]12CC[C@@H]3c4ccc(OC(=O)C=Cc5ccccc5)cc4CC[C@H]3[C@@H]1CC[C@@H]2OC(=O)C=Cc1ccccc1. The van der Waals surface area contributed by atoms with Crippen molar-refractivity contribution in [1.29, 1.82) is 0 Å². The lowest BCUT2D eigenvalue weighted by Gasteiger charge is -2.50. The van der Waals surface area contributed by atoms with Gasteiger partial charge in [-0.25, -0.2) is 9.59 Å². The zero-order valence-electron chi connectivity index (χ0n) is 23.0. The largest absolute Gasteiger partial charge is 0.459 e. The van der Waals surface area contributed by atoms with Gasteiger partial charge in [0.05, 0.1) is 0 Å². The van der Waals surface area contributed by atoms with Gasteiger partial charge in [0.15, 0.2) is 0 Å². The van der Waals surface area contributed by atoms with Crippen molar-refractivity contribution in [2.45, 2.75) is 57.5 Å². The van der Waals surface area contributed by atoms with Crippen LogP contribution in [0.3, 0.4) is 0 Å². The molecule has 0 amide bonds. The number of hydrogen-bond acceptors (Lipinski definition) is 4. The summed E-state index contributed by atoms with van der Waals surface area (Å²) in [7, 11) is 0. The van der Waals surface area contributed by atoms with Gasteiger partial charge in [0.2, 0.25) is 0 Å². The van der Waals surface area contributed by atoms with Crippen LogP contribution < -0.4 is 4.74 Å². The van der Waals surface area contributed by atoms with Crippen LogP contribution in [-0.4, -0.2) is 18.0 Å². The summed E-state index contributed by atoms with van der Waals surface area (Å²) < 4.78 is 11.7. The molecule has 0 bridgehead atoms. The predicted molar refractivity (Wildman–Crippen MR) is 158 cm³/mol. The van der Waals surface area contributed by atoms with Crippen LogP contribution in [0.2, 0.25) is 0 Å². The number of carbonyl (C=O) groups is 2. The summed E-state index contributed by atoms with van der Waals surface area (Å²) in [6.45, 7) is 2.35. The molecular weight excluding hydrogens is 496 g/mol. The Hall–Kier alpha value is -3.92. The van der Waals surface area contributed by atoms with E-state index in [4.69, 9.17) is 9.47 Å². The molecule has 0 spiro atoms. The topological polar surface area (TPSA) is 52.6 Å². The maximum absolute atomic E-state index is 12.7. The minimum atomic E-state index is -0.365. The lowest BCUT2D eigenvalue weighted by molar-refractivity contribution is -0.151. The smallest absolute Gasteiger partial charge is 0.336 e. The summed E-state index contributed by atoms with van der Waals surface area (Å²) in [6.07, 6.45) is 12.9. The van der Waals surface area contributed by atoms with E-state index in [1.807, 2.05) is 72.8 Å². The Bertz CT molecular complexity index is 1420. The first kappa shape index (κ1) is 26.3. The number of rotatable bonds is 6. The van der Waals surface area contributed by atoms with Gasteiger partial charge in [-0.3, -0.25) is 0 Å². The van der Waals surface area contributed by atoms with Crippen molar-refractivity contribution >= 4 is 24.1 Å². The lowest BCUT2D eigenvalue weighted by atomic mass is 9.55. The van der Waals surface area contributed by atoms with Gasteiger partial charge in [0.25, 0.3) is 0 Å². The predicted octanol–water partition coefficient (Wildman–Crippen LogP) is 7.79. The van der Waals surface area contributed by atoms with Crippen molar-refractivity contribution in [2.24, 2.45) is 17.3 Å². The van der Waals surface area contributed by atoms with Crippen molar-refractivity contribution in [1.82, 2.24) is 0 Å². The van der Waals surface area contributed by atoms with Gasteiger partial charge < -0.3 is 9.47 Å². The third-order valence-electron chi connectivity index (χ3n) is 9.51. The highest BCUT2D eigenvalue weighted by Crippen LogP contribution is 2.61. The number of ether oxygens (including phenoxy) is 2. The molecule has 0 aromatic heterocycles. The van der Waals surface area contributed by atoms with E-state index in [0.29, 0.717) is 23.5 Å². The molecule has 0 N–H and O–H groups in total. The van der Waals surface area contributed by atoms with E-state index in [0.717, 1.165) is 49.7 Å². The molecule has 4 nitrogen and oxygen atoms in total. The third-order valence-corrected chi connectivity index (χ3v) is 9.51. The van der Waals surface area contributed by atoms with Gasteiger partial charge in [-0.05, 0) is 103 Å². The first-order valence-electron chi connectivity index (χ1n) is 14.5. The summed E-state index contributed by atoms with van der Waals surface area (Å²) >= 11 is 0. The molecule has 3 aliphatic carbocycles. The third kappa shape index (κ3) is 5.40. The van der Waals surface area contributed by atoms with Crippen LogP contribution in [0.4, 0.5) is 0 Å². The summed E-state index contributed by atoms with van der Waals surface area (Å²) in [5.41, 5.74) is 4.69. The van der Waals surface area contributed by atoms with Crippen molar-refractivity contribution < 1.29 is 19.1 Å². The maximum Gasteiger partial charge on any atom is 0.336 e. The summed E-state index contributed by atoms with van der Waals surface area (Å²) in [4.78, 5) is 25.1. The van der Waals surface area contributed by atoms with Crippen LogP contribution in [0.1, 0.15) is 67.2 Å². The highest BCUT2D eigenvalue weighted by atomic mass is 16.5. The van der Waals surface area contributed by atoms with E-state index < -0.39 is 0 Å². The average Bonchev–Trinajstić information content (AvgIpc) is 3.31. The Morgan fingerprint density at radius 2 is 1.48 bits per heavy atom. The highest BCUT2D eigenvalue weighted by Gasteiger charge is 2.56. The minimum absolute atomic E-state index is 0.0233. The van der Waals surface area contributed by atoms with Crippen LogP contribution in [0, 0.1) is 17.3 Å². The molecule has 0 unspecified atom stereocenters. The molecule has 0 aliphatic heterocycles. The van der Waals surface area contributed by atoms with Crippen LogP contribution >= 0.6 is 0 Å². The zero-order valence-corrected chi connectivity index (χ0v) is 23.0. The number of fused-ring (bicyclic) bond motifs is 5. The van der Waals surface area contributed by atoms with Crippen molar-refractivity contribution in [3.63, 3.8) is 0 Å². The van der Waals surface area contributed by atoms with Crippen LogP contribution in [0.15, 0.2) is 91.0 Å². The van der Waals surface area contributed by atoms with Gasteiger partial charge in [-0.2, -0.15) is 0 Å². The van der Waals surface area contributed by atoms with Crippen LogP contribution in [-0.2, 0) is 20.7 Å². The maximum atomic E-state index is 12.7. The number of benzene rings is 3. The van der Waals surface area contributed by atoms with Gasteiger partial charge >= 0.3 is 11.9 Å². The number of hydrogen-bond donors (Lipinski definition) is 0. The first-order valence-corrected chi connectivity index (χ1v) is 14.5. The van der Waals surface area contributed by atoms with Crippen molar-refractivity contribution in [2.75, 3.05) is 0 Å². The molecule has 4 heteroatoms. The molecule has 3 aliphatic rings. The van der Waals surface area contributed by atoms with Crippen LogP contribution in [0.25, 0.3) is 12.2 Å². The number of carbonyl (C=O) groups excluding carboxylic acids is 2. The number of esters is 2. The molecule has 2 saturated carbocycles. The normalized spacial score (nSPS) is 27.1. The summed E-state index contributed by atoms with van der Waals surface area (Å²) in [5.74, 6) is 1.66. The fraction of sp³-hybridized carbons (Fsp3) is 0.333. The van der Waals surface area contributed by atoms with E-state index in [9.17, 15) is 9.59 Å². The molecule has 0 radical (unpaired) electrons. The van der Waals surface area contributed by atoms with Crippen LogP contribution in [0.5, 0.6) is 5.75 Å². The Balaban J connectivity index is 1.10. The van der Waals surface area contributed by atoms with E-state index in [1.165, 1.54) is 17.2 Å². The molecule has 6 rings (SSSR count). The van der Waals surface area contributed by atoms with E-state index in [-0.39, 0.29) is 23.5 Å². The molecule has 40 heavy (non-hydrogen) atoms. The summed E-state index contributed by atoms with van der Waals surface area (Å²) in [6, 6.07) is 25.8. The molecule has 0 heterocycles. The Morgan fingerprint density at radius 1 is 0.800 bits per heavy atom. The van der Waals surface area contributed by atoms with Gasteiger partial charge in [0.1, 0.15) is 11.9 Å². The van der Waals surface area contributed by atoms with Gasteiger partial charge in [-0.15, -0.1) is 0 Å². The Labute approximate surface area is 236 Å². The average molecular weight is 533 g/mol. The molecular formula is C36H36O4. The second-order valence-electron chi connectivity index (χ2n) is 11.7.